The molecule has 0 heterocycles. The molecule has 0 radical (unpaired) electrons. The first-order valence-corrected chi connectivity index (χ1v) is 6.71. The van der Waals surface area contributed by atoms with E-state index in [1.807, 2.05) is 48.5 Å². The van der Waals surface area contributed by atoms with E-state index >= 15 is 0 Å². The highest BCUT2D eigenvalue weighted by molar-refractivity contribution is 4.71. The molecule has 0 aromatic rings. The first kappa shape index (κ1) is 17.8. The van der Waals surface area contributed by atoms with Crippen LogP contribution in [0.5, 0.6) is 0 Å². The van der Waals surface area contributed by atoms with Crippen molar-refractivity contribution in [1.29, 1.82) is 0 Å². The van der Waals surface area contributed by atoms with Crippen LogP contribution >= 0.6 is 0 Å². The SMILES string of the molecule is CCC(C)(C)OOC(C)(CC)COOC(C)(C)C. The molecule has 0 fully saturated rings. The molecule has 0 rings (SSSR count). The third-order valence-electron chi connectivity index (χ3n) is 2.74. The molecule has 0 saturated carbocycles. The zero-order chi connectivity index (χ0) is 14.4. The van der Waals surface area contributed by atoms with E-state index in [9.17, 15) is 0 Å². The molecular weight excluding hydrogens is 232 g/mol. The molecule has 0 saturated heterocycles. The zero-order valence-electron chi connectivity index (χ0n) is 13.3. The van der Waals surface area contributed by atoms with Crippen molar-refractivity contribution in [3.63, 3.8) is 0 Å². The van der Waals surface area contributed by atoms with Crippen molar-refractivity contribution in [1.82, 2.24) is 0 Å². The first-order valence-electron chi connectivity index (χ1n) is 6.71. The predicted molar refractivity (Wildman–Crippen MR) is 72.0 cm³/mol. The lowest BCUT2D eigenvalue weighted by Crippen LogP contribution is -2.38. The van der Waals surface area contributed by atoms with Crippen molar-refractivity contribution < 1.29 is 19.6 Å². The lowest BCUT2D eigenvalue weighted by Gasteiger charge is -2.32. The van der Waals surface area contributed by atoms with Crippen LogP contribution in [-0.4, -0.2) is 23.4 Å². The summed E-state index contributed by atoms with van der Waals surface area (Å²) in [4.78, 5) is 21.5. The van der Waals surface area contributed by atoms with Crippen LogP contribution in [0.1, 0.15) is 68.2 Å². The van der Waals surface area contributed by atoms with Gasteiger partial charge in [0.1, 0.15) is 12.2 Å². The normalized spacial score (nSPS) is 16.7. The van der Waals surface area contributed by atoms with Crippen LogP contribution in [-0.2, 0) is 19.6 Å². The Kier molecular flexibility index (Phi) is 6.79. The summed E-state index contributed by atoms with van der Waals surface area (Å²) in [6, 6.07) is 0. The van der Waals surface area contributed by atoms with Gasteiger partial charge in [-0.1, -0.05) is 13.8 Å². The minimum Gasteiger partial charge on any atom is -0.233 e. The van der Waals surface area contributed by atoms with Crippen molar-refractivity contribution >= 4 is 0 Å². The smallest absolute Gasteiger partial charge is 0.127 e. The topological polar surface area (TPSA) is 36.9 Å². The highest BCUT2D eigenvalue weighted by Crippen LogP contribution is 2.23. The Morgan fingerprint density at radius 2 is 1.28 bits per heavy atom. The fraction of sp³-hybridized carbons (Fsp3) is 1.00. The monoisotopic (exact) mass is 262 g/mol. The van der Waals surface area contributed by atoms with Gasteiger partial charge in [-0.2, -0.15) is 0 Å². The van der Waals surface area contributed by atoms with Gasteiger partial charge in [-0.05, 0) is 54.4 Å². The second-order valence-corrected chi connectivity index (χ2v) is 6.54. The molecule has 0 amide bonds. The van der Waals surface area contributed by atoms with E-state index < -0.39 is 5.60 Å². The van der Waals surface area contributed by atoms with Crippen LogP contribution in [0.2, 0.25) is 0 Å². The molecule has 0 aliphatic carbocycles. The molecule has 4 heteroatoms. The van der Waals surface area contributed by atoms with Crippen LogP contribution in [0, 0.1) is 0 Å². The second kappa shape index (κ2) is 6.85. The second-order valence-electron chi connectivity index (χ2n) is 6.54. The van der Waals surface area contributed by atoms with Gasteiger partial charge in [0.15, 0.2) is 0 Å². The van der Waals surface area contributed by atoms with Gasteiger partial charge in [-0.25, -0.2) is 19.6 Å². The van der Waals surface area contributed by atoms with Crippen molar-refractivity contribution in [2.45, 2.75) is 85.0 Å². The lowest BCUT2D eigenvalue weighted by molar-refractivity contribution is -0.437. The summed E-state index contributed by atoms with van der Waals surface area (Å²) >= 11 is 0. The largest absolute Gasteiger partial charge is 0.233 e. The lowest BCUT2D eigenvalue weighted by atomic mass is 10.1. The maximum atomic E-state index is 5.54. The number of hydrogen-bond acceptors (Lipinski definition) is 4. The Balaban J connectivity index is 4.18. The van der Waals surface area contributed by atoms with Gasteiger partial charge in [-0.3, -0.25) is 0 Å². The highest BCUT2D eigenvalue weighted by Gasteiger charge is 2.30. The molecule has 0 aliphatic heterocycles. The molecule has 0 spiro atoms. The summed E-state index contributed by atoms with van der Waals surface area (Å²) in [5.74, 6) is 0. The predicted octanol–water partition coefficient (Wildman–Crippen LogP) is 4.04. The fourth-order valence-electron chi connectivity index (χ4n) is 0.788. The van der Waals surface area contributed by atoms with Gasteiger partial charge in [0.05, 0.1) is 11.2 Å². The molecule has 4 nitrogen and oxygen atoms in total. The van der Waals surface area contributed by atoms with Gasteiger partial charge < -0.3 is 0 Å². The maximum Gasteiger partial charge on any atom is 0.127 e. The van der Waals surface area contributed by atoms with E-state index in [1.54, 1.807) is 0 Å². The van der Waals surface area contributed by atoms with Crippen molar-refractivity contribution in [3.05, 3.63) is 0 Å². The molecule has 1 unspecified atom stereocenters. The fourth-order valence-corrected chi connectivity index (χ4v) is 0.788. The molecule has 0 bridgehead atoms. The summed E-state index contributed by atoms with van der Waals surface area (Å²) in [5.41, 5.74) is -1.11. The van der Waals surface area contributed by atoms with E-state index in [0.29, 0.717) is 6.61 Å². The molecule has 110 valence electrons. The molecule has 0 aromatic carbocycles. The minimum atomic E-state index is -0.502. The number of rotatable bonds is 8. The standard InChI is InChI=1S/C14H30O4/c1-9-13(6,7)17-18-14(8,10-2)11-15-16-12(3,4)5/h9-11H2,1-8H3. The van der Waals surface area contributed by atoms with Crippen molar-refractivity contribution in [2.75, 3.05) is 6.61 Å². The maximum absolute atomic E-state index is 5.54. The Morgan fingerprint density at radius 1 is 0.722 bits per heavy atom. The van der Waals surface area contributed by atoms with Crippen LogP contribution < -0.4 is 0 Å². The van der Waals surface area contributed by atoms with Gasteiger partial charge in [0, 0.05) is 0 Å². The molecule has 0 aromatic heterocycles. The Labute approximate surface area is 112 Å². The summed E-state index contributed by atoms with van der Waals surface area (Å²) in [5, 5.41) is 0. The van der Waals surface area contributed by atoms with Gasteiger partial charge in [0.25, 0.3) is 0 Å². The molecule has 1 atom stereocenters. The van der Waals surface area contributed by atoms with Gasteiger partial charge >= 0.3 is 0 Å². The number of hydrogen-bond donors (Lipinski definition) is 0. The third kappa shape index (κ3) is 8.03. The first-order chi connectivity index (χ1) is 8.04. The van der Waals surface area contributed by atoms with E-state index in [2.05, 4.69) is 6.92 Å². The highest BCUT2D eigenvalue weighted by atomic mass is 17.2. The summed E-state index contributed by atoms with van der Waals surface area (Å²) in [7, 11) is 0. The van der Waals surface area contributed by atoms with E-state index in [1.165, 1.54) is 0 Å². The van der Waals surface area contributed by atoms with E-state index in [-0.39, 0.29) is 11.2 Å². The quantitative estimate of drug-likeness (QED) is 0.488. The van der Waals surface area contributed by atoms with Crippen LogP contribution in [0.4, 0.5) is 0 Å². The van der Waals surface area contributed by atoms with Crippen LogP contribution in [0.3, 0.4) is 0 Å². The van der Waals surface area contributed by atoms with Gasteiger partial charge in [-0.15, -0.1) is 0 Å². The minimum absolute atomic E-state index is 0.290. The Hall–Kier alpha value is -0.160. The molecule has 0 aliphatic rings. The zero-order valence-corrected chi connectivity index (χ0v) is 13.3. The average molecular weight is 262 g/mol. The van der Waals surface area contributed by atoms with Gasteiger partial charge in [0.2, 0.25) is 0 Å². The van der Waals surface area contributed by atoms with Crippen LogP contribution in [0.15, 0.2) is 0 Å². The Bertz CT molecular complexity index is 232. The molecule has 18 heavy (non-hydrogen) atoms. The van der Waals surface area contributed by atoms with Crippen molar-refractivity contribution in [2.24, 2.45) is 0 Å². The Morgan fingerprint density at radius 3 is 1.67 bits per heavy atom. The molecular formula is C14H30O4. The van der Waals surface area contributed by atoms with E-state index in [0.717, 1.165) is 12.8 Å². The third-order valence-corrected chi connectivity index (χ3v) is 2.74. The van der Waals surface area contributed by atoms with Crippen molar-refractivity contribution in [3.8, 4) is 0 Å². The summed E-state index contributed by atoms with van der Waals surface area (Å²) in [6.45, 7) is 16.2. The van der Waals surface area contributed by atoms with Crippen LogP contribution in [0.25, 0.3) is 0 Å². The van der Waals surface area contributed by atoms with E-state index in [4.69, 9.17) is 19.6 Å². The summed E-state index contributed by atoms with van der Waals surface area (Å²) in [6.07, 6.45) is 1.66. The molecule has 0 N–H and O–H groups in total. The average Bonchev–Trinajstić information content (AvgIpc) is 2.25. The summed E-state index contributed by atoms with van der Waals surface area (Å²) < 4.78 is 0.